The van der Waals surface area contributed by atoms with Crippen LogP contribution >= 0.6 is 0 Å². The van der Waals surface area contributed by atoms with E-state index in [2.05, 4.69) is 24.0 Å². The number of anilines is 1. The van der Waals surface area contributed by atoms with Crippen molar-refractivity contribution in [1.82, 2.24) is 9.55 Å². The number of benzene rings is 2. The molecule has 1 aromatic heterocycles. The number of nitrogens with zero attached hydrogens (tertiary/aromatic N) is 2. The summed E-state index contributed by atoms with van der Waals surface area (Å²) in [6.07, 6.45) is 0.955. The summed E-state index contributed by atoms with van der Waals surface area (Å²) in [5.41, 5.74) is 9.88. The van der Waals surface area contributed by atoms with E-state index >= 15 is 0 Å². The number of halogens is 1. The minimum atomic E-state index is -0.276. The lowest BCUT2D eigenvalue weighted by Crippen LogP contribution is -2.06. The van der Waals surface area contributed by atoms with E-state index in [4.69, 9.17) is 5.73 Å². The van der Waals surface area contributed by atoms with Crippen LogP contribution in [0.1, 0.15) is 18.1 Å². The van der Waals surface area contributed by atoms with E-state index in [1.165, 1.54) is 23.3 Å². The van der Waals surface area contributed by atoms with Crippen molar-refractivity contribution >= 4 is 17.0 Å². The van der Waals surface area contributed by atoms with E-state index in [1.807, 2.05) is 16.7 Å². The highest BCUT2D eigenvalue weighted by atomic mass is 19.1. The van der Waals surface area contributed by atoms with Crippen LogP contribution in [0.4, 0.5) is 10.3 Å². The van der Waals surface area contributed by atoms with E-state index < -0.39 is 0 Å². The Kier molecular flexibility index (Phi) is 3.14. The number of aryl methyl sites for hydroxylation is 1. The number of fused-ring (bicyclic) bond motifs is 1. The number of nitrogen functional groups attached to an aromatic ring is 1. The first-order valence-corrected chi connectivity index (χ1v) is 6.67. The summed E-state index contributed by atoms with van der Waals surface area (Å²) >= 11 is 0. The first-order valence-electron chi connectivity index (χ1n) is 6.67. The van der Waals surface area contributed by atoms with Gasteiger partial charge in [0.25, 0.3) is 0 Å². The second-order valence-corrected chi connectivity index (χ2v) is 4.81. The lowest BCUT2D eigenvalue weighted by molar-refractivity contribution is 0.628. The molecule has 0 aliphatic carbocycles. The summed E-state index contributed by atoms with van der Waals surface area (Å²) in [6.45, 7) is 2.73. The van der Waals surface area contributed by atoms with E-state index in [0.717, 1.165) is 17.5 Å². The SMILES string of the molecule is CCc1ccccc1Cn1c(N)nc2ccc(F)cc21. The Bertz CT molecular complexity index is 762. The molecule has 0 aliphatic rings. The lowest BCUT2D eigenvalue weighted by atomic mass is 10.1. The third-order valence-electron chi connectivity index (χ3n) is 3.57. The molecular formula is C16H16FN3. The van der Waals surface area contributed by atoms with Crippen LogP contribution in [0.5, 0.6) is 0 Å². The standard InChI is InChI=1S/C16H16FN3/c1-2-11-5-3-4-6-12(11)10-20-15-9-13(17)7-8-14(15)19-16(20)18/h3-9H,2,10H2,1H3,(H2,18,19). The zero-order valence-electron chi connectivity index (χ0n) is 11.3. The molecule has 0 aliphatic heterocycles. The number of nitrogens with two attached hydrogens (primary N) is 1. The Morgan fingerprint density at radius 3 is 2.65 bits per heavy atom. The number of aromatic nitrogens is 2. The maximum atomic E-state index is 13.4. The quantitative estimate of drug-likeness (QED) is 0.792. The largest absolute Gasteiger partial charge is 0.369 e. The van der Waals surface area contributed by atoms with Crippen LogP contribution in [0.15, 0.2) is 42.5 Å². The van der Waals surface area contributed by atoms with E-state index in [1.54, 1.807) is 6.07 Å². The molecule has 0 saturated carbocycles. The molecule has 2 aromatic carbocycles. The molecule has 102 valence electrons. The van der Waals surface area contributed by atoms with Gasteiger partial charge in [-0.25, -0.2) is 9.37 Å². The molecule has 0 radical (unpaired) electrons. The lowest BCUT2D eigenvalue weighted by Gasteiger charge is -2.10. The Hall–Kier alpha value is -2.36. The van der Waals surface area contributed by atoms with Gasteiger partial charge in [0.05, 0.1) is 17.6 Å². The van der Waals surface area contributed by atoms with Gasteiger partial charge in [-0.3, -0.25) is 0 Å². The van der Waals surface area contributed by atoms with Crippen molar-refractivity contribution in [2.24, 2.45) is 0 Å². The molecule has 20 heavy (non-hydrogen) atoms. The van der Waals surface area contributed by atoms with Crippen LogP contribution in [0.2, 0.25) is 0 Å². The molecule has 0 unspecified atom stereocenters. The highest BCUT2D eigenvalue weighted by Gasteiger charge is 2.10. The summed E-state index contributed by atoms with van der Waals surface area (Å²) < 4.78 is 15.3. The highest BCUT2D eigenvalue weighted by Crippen LogP contribution is 2.21. The predicted octanol–water partition coefficient (Wildman–Crippen LogP) is 3.37. The minimum absolute atomic E-state index is 0.276. The second-order valence-electron chi connectivity index (χ2n) is 4.81. The van der Waals surface area contributed by atoms with Gasteiger partial charge in [-0.2, -0.15) is 0 Å². The zero-order valence-corrected chi connectivity index (χ0v) is 11.3. The fourth-order valence-corrected chi connectivity index (χ4v) is 2.51. The van der Waals surface area contributed by atoms with Crippen molar-refractivity contribution in [2.75, 3.05) is 5.73 Å². The van der Waals surface area contributed by atoms with Crippen LogP contribution in [0, 0.1) is 5.82 Å². The van der Waals surface area contributed by atoms with Crippen molar-refractivity contribution < 1.29 is 4.39 Å². The second kappa shape index (κ2) is 4.96. The van der Waals surface area contributed by atoms with E-state index in [0.29, 0.717) is 12.5 Å². The van der Waals surface area contributed by atoms with Gasteiger partial charge in [0.15, 0.2) is 0 Å². The molecule has 3 rings (SSSR count). The van der Waals surface area contributed by atoms with Gasteiger partial charge in [-0.05, 0) is 35.7 Å². The molecule has 0 bridgehead atoms. The van der Waals surface area contributed by atoms with E-state index in [9.17, 15) is 4.39 Å². The van der Waals surface area contributed by atoms with Gasteiger partial charge < -0.3 is 10.3 Å². The molecular weight excluding hydrogens is 253 g/mol. The number of rotatable bonds is 3. The van der Waals surface area contributed by atoms with Gasteiger partial charge >= 0.3 is 0 Å². The van der Waals surface area contributed by atoms with Crippen molar-refractivity contribution in [3.05, 3.63) is 59.4 Å². The highest BCUT2D eigenvalue weighted by molar-refractivity contribution is 5.78. The number of imidazole rings is 1. The smallest absolute Gasteiger partial charge is 0.201 e. The van der Waals surface area contributed by atoms with Crippen molar-refractivity contribution in [2.45, 2.75) is 19.9 Å². The Morgan fingerprint density at radius 1 is 1.15 bits per heavy atom. The van der Waals surface area contributed by atoms with Crippen LogP contribution < -0.4 is 5.73 Å². The maximum Gasteiger partial charge on any atom is 0.201 e. The Balaban J connectivity index is 2.10. The molecule has 4 heteroatoms. The van der Waals surface area contributed by atoms with Crippen LogP contribution in [-0.2, 0) is 13.0 Å². The van der Waals surface area contributed by atoms with Crippen LogP contribution in [0.3, 0.4) is 0 Å². The third kappa shape index (κ3) is 2.13. The summed E-state index contributed by atoms with van der Waals surface area (Å²) in [5.74, 6) is 0.138. The minimum Gasteiger partial charge on any atom is -0.369 e. The summed E-state index contributed by atoms with van der Waals surface area (Å²) in [5, 5.41) is 0. The van der Waals surface area contributed by atoms with Crippen molar-refractivity contribution in [3.8, 4) is 0 Å². The summed E-state index contributed by atoms with van der Waals surface area (Å²) in [6, 6.07) is 12.7. The number of hydrogen-bond donors (Lipinski definition) is 1. The number of hydrogen-bond acceptors (Lipinski definition) is 2. The molecule has 0 fully saturated rings. The molecule has 0 spiro atoms. The molecule has 0 amide bonds. The normalized spacial score (nSPS) is 11.1. The topological polar surface area (TPSA) is 43.8 Å². The predicted molar refractivity (Wildman–Crippen MR) is 79.0 cm³/mol. The zero-order chi connectivity index (χ0) is 14.1. The fraction of sp³-hybridized carbons (Fsp3) is 0.188. The van der Waals surface area contributed by atoms with E-state index in [-0.39, 0.29) is 5.82 Å². The first-order chi connectivity index (χ1) is 9.69. The van der Waals surface area contributed by atoms with Crippen LogP contribution in [0.25, 0.3) is 11.0 Å². The molecule has 0 saturated heterocycles. The monoisotopic (exact) mass is 269 g/mol. The molecule has 1 heterocycles. The van der Waals surface area contributed by atoms with Crippen molar-refractivity contribution in [1.29, 1.82) is 0 Å². The maximum absolute atomic E-state index is 13.4. The molecule has 2 N–H and O–H groups in total. The Labute approximate surface area is 116 Å². The van der Waals surface area contributed by atoms with Crippen LogP contribution in [-0.4, -0.2) is 9.55 Å². The summed E-state index contributed by atoms with van der Waals surface area (Å²) in [7, 11) is 0. The van der Waals surface area contributed by atoms with Gasteiger partial charge in [-0.1, -0.05) is 31.2 Å². The first kappa shape index (κ1) is 12.7. The van der Waals surface area contributed by atoms with Crippen molar-refractivity contribution in [3.63, 3.8) is 0 Å². The van der Waals surface area contributed by atoms with Gasteiger partial charge in [0.1, 0.15) is 5.82 Å². The average Bonchev–Trinajstić information content (AvgIpc) is 2.76. The summed E-state index contributed by atoms with van der Waals surface area (Å²) in [4.78, 5) is 4.28. The molecule has 0 atom stereocenters. The van der Waals surface area contributed by atoms with Gasteiger partial charge in [-0.15, -0.1) is 0 Å². The van der Waals surface area contributed by atoms with Gasteiger partial charge in [0.2, 0.25) is 5.95 Å². The molecule has 3 nitrogen and oxygen atoms in total. The Morgan fingerprint density at radius 2 is 1.90 bits per heavy atom. The average molecular weight is 269 g/mol. The van der Waals surface area contributed by atoms with Gasteiger partial charge in [0, 0.05) is 0 Å². The fourth-order valence-electron chi connectivity index (χ4n) is 2.51. The molecule has 3 aromatic rings. The third-order valence-corrected chi connectivity index (χ3v) is 3.57.